The zero-order valence-corrected chi connectivity index (χ0v) is 13.8. The lowest BCUT2D eigenvalue weighted by Crippen LogP contribution is -2.54. The van der Waals surface area contributed by atoms with Crippen LogP contribution in [0.25, 0.3) is 0 Å². The van der Waals surface area contributed by atoms with Gasteiger partial charge in [-0.2, -0.15) is 0 Å². The SMILES string of the molecule is CNC(Cc1cccc(F)c1Cl)C1(OC)CCC(C)CC1. The lowest BCUT2D eigenvalue weighted by molar-refractivity contribution is -0.0730. The van der Waals surface area contributed by atoms with Crippen molar-refractivity contribution in [2.75, 3.05) is 14.2 Å². The Morgan fingerprint density at radius 3 is 2.67 bits per heavy atom. The Morgan fingerprint density at radius 1 is 1.43 bits per heavy atom. The van der Waals surface area contributed by atoms with Gasteiger partial charge in [-0.1, -0.05) is 30.7 Å². The molecule has 1 saturated carbocycles. The van der Waals surface area contributed by atoms with Crippen LogP contribution < -0.4 is 5.32 Å². The van der Waals surface area contributed by atoms with Crippen LogP contribution in [-0.2, 0) is 11.2 Å². The van der Waals surface area contributed by atoms with E-state index in [1.54, 1.807) is 13.2 Å². The number of hydrogen-bond acceptors (Lipinski definition) is 2. The standard InChI is InChI=1S/C17H25ClFNO/c1-12-7-9-17(21-3,10-8-12)15(20-2)11-13-5-4-6-14(19)16(13)18/h4-6,12,15,20H,7-11H2,1-3H3. The van der Waals surface area contributed by atoms with E-state index >= 15 is 0 Å². The fourth-order valence-corrected chi connectivity index (χ4v) is 3.63. The number of hydrogen-bond donors (Lipinski definition) is 1. The van der Waals surface area contributed by atoms with Crippen molar-refractivity contribution < 1.29 is 9.13 Å². The van der Waals surface area contributed by atoms with Crippen molar-refractivity contribution >= 4 is 11.6 Å². The zero-order chi connectivity index (χ0) is 15.5. The molecular weight excluding hydrogens is 289 g/mol. The van der Waals surface area contributed by atoms with Gasteiger partial charge >= 0.3 is 0 Å². The van der Waals surface area contributed by atoms with Crippen LogP contribution in [0.3, 0.4) is 0 Å². The van der Waals surface area contributed by atoms with E-state index < -0.39 is 0 Å². The molecule has 0 amide bonds. The monoisotopic (exact) mass is 313 g/mol. The van der Waals surface area contributed by atoms with Crippen molar-refractivity contribution in [2.24, 2.45) is 5.92 Å². The summed E-state index contributed by atoms with van der Waals surface area (Å²) in [5, 5.41) is 3.60. The molecule has 1 aliphatic rings. The van der Waals surface area contributed by atoms with Crippen molar-refractivity contribution in [3.8, 4) is 0 Å². The van der Waals surface area contributed by atoms with Crippen LogP contribution in [0.4, 0.5) is 4.39 Å². The molecule has 1 aromatic rings. The Balaban J connectivity index is 2.20. The van der Waals surface area contributed by atoms with E-state index in [0.29, 0.717) is 6.42 Å². The second-order valence-corrected chi connectivity index (χ2v) is 6.59. The highest BCUT2D eigenvalue weighted by Gasteiger charge is 2.41. The Morgan fingerprint density at radius 2 is 2.10 bits per heavy atom. The van der Waals surface area contributed by atoms with E-state index in [1.807, 2.05) is 13.1 Å². The van der Waals surface area contributed by atoms with Crippen LogP contribution in [0, 0.1) is 11.7 Å². The molecule has 0 aromatic heterocycles. The van der Waals surface area contributed by atoms with Crippen molar-refractivity contribution in [2.45, 2.75) is 50.7 Å². The summed E-state index contributed by atoms with van der Waals surface area (Å²) < 4.78 is 19.5. The number of halogens is 2. The van der Waals surface area contributed by atoms with Crippen LogP contribution in [-0.4, -0.2) is 25.8 Å². The first-order valence-corrected chi connectivity index (χ1v) is 8.05. The number of ether oxygens (including phenoxy) is 1. The normalized spacial score (nSPS) is 27.6. The van der Waals surface area contributed by atoms with Crippen molar-refractivity contribution in [1.29, 1.82) is 0 Å². The van der Waals surface area contributed by atoms with Gasteiger partial charge in [-0.25, -0.2) is 4.39 Å². The summed E-state index contributed by atoms with van der Waals surface area (Å²) in [5.74, 6) is 0.399. The Labute approximate surface area is 132 Å². The Bertz CT molecular complexity index is 472. The van der Waals surface area contributed by atoms with Gasteiger partial charge in [-0.3, -0.25) is 0 Å². The van der Waals surface area contributed by atoms with Gasteiger partial charge in [-0.15, -0.1) is 0 Å². The third kappa shape index (κ3) is 3.58. The van der Waals surface area contributed by atoms with Crippen molar-refractivity contribution in [3.05, 3.63) is 34.6 Å². The maximum Gasteiger partial charge on any atom is 0.142 e. The molecule has 1 atom stereocenters. The van der Waals surface area contributed by atoms with E-state index in [0.717, 1.165) is 24.3 Å². The molecule has 1 N–H and O–H groups in total. The molecule has 0 aliphatic heterocycles. The van der Waals surface area contributed by atoms with Gasteiger partial charge in [0, 0.05) is 13.2 Å². The number of nitrogens with one attached hydrogen (secondary N) is 1. The third-order valence-corrected chi connectivity index (χ3v) is 5.39. The van der Waals surface area contributed by atoms with E-state index in [1.165, 1.54) is 18.9 Å². The average Bonchev–Trinajstić information content (AvgIpc) is 2.50. The van der Waals surface area contributed by atoms with Crippen molar-refractivity contribution in [1.82, 2.24) is 5.32 Å². The molecular formula is C17H25ClFNO. The van der Waals surface area contributed by atoms with Crippen LogP contribution >= 0.6 is 11.6 Å². The zero-order valence-electron chi connectivity index (χ0n) is 13.1. The predicted octanol–water partition coefficient (Wildman–Crippen LogP) is 4.20. The summed E-state index contributed by atoms with van der Waals surface area (Å²) in [6.07, 6.45) is 5.08. The molecule has 0 heterocycles. The van der Waals surface area contributed by atoms with Crippen LogP contribution in [0.2, 0.25) is 5.02 Å². The topological polar surface area (TPSA) is 21.3 Å². The molecule has 0 bridgehead atoms. The third-order valence-electron chi connectivity index (χ3n) is 4.97. The average molecular weight is 314 g/mol. The first-order valence-electron chi connectivity index (χ1n) is 7.67. The molecule has 0 radical (unpaired) electrons. The minimum atomic E-state index is -0.354. The smallest absolute Gasteiger partial charge is 0.142 e. The Hall–Kier alpha value is -0.640. The number of likely N-dealkylation sites (N-methyl/N-ethyl adjacent to an activating group) is 1. The van der Waals surface area contributed by atoms with E-state index in [-0.39, 0.29) is 22.5 Å². The second-order valence-electron chi connectivity index (χ2n) is 6.21. The van der Waals surface area contributed by atoms with Crippen LogP contribution in [0.15, 0.2) is 18.2 Å². The molecule has 2 nitrogen and oxygen atoms in total. The molecule has 21 heavy (non-hydrogen) atoms. The van der Waals surface area contributed by atoms with Gasteiger partial charge in [0.1, 0.15) is 5.82 Å². The molecule has 4 heteroatoms. The number of rotatable bonds is 5. The minimum Gasteiger partial charge on any atom is -0.377 e. The molecule has 118 valence electrons. The highest BCUT2D eigenvalue weighted by atomic mass is 35.5. The van der Waals surface area contributed by atoms with Gasteiger partial charge < -0.3 is 10.1 Å². The summed E-state index contributed by atoms with van der Waals surface area (Å²) in [7, 11) is 3.73. The maximum absolute atomic E-state index is 13.6. The molecule has 2 rings (SSSR count). The fraction of sp³-hybridized carbons (Fsp3) is 0.647. The van der Waals surface area contributed by atoms with Gasteiger partial charge in [-0.05, 0) is 56.7 Å². The number of benzene rings is 1. The molecule has 1 aromatic carbocycles. The summed E-state index contributed by atoms with van der Waals surface area (Å²) >= 11 is 6.10. The highest BCUT2D eigenvalue weighted by Crippen LogP contribution is 2.38. The molecule has 1 aliphatic carbocycles. The molecule has 1 fully saturated rings. The van der Waals surface area contributed by atoms with Crippen LogP contribution in [0.5, 0.6) is 0 Å². The largest absolute Gasteiger partial charge is 0.377 e. The van der Waals surface area contributed by atoms with Gasteiger partial charge in [0.2, 0.25) is 0 Å². The van der Waals surface area contributed by atoms with E-state index in [2.05, 4.69) is 12.2 Å². The van der Waals surface area contributed by atoms with Crippen molar-refractivity contribution in [3.63, 3.8) is 0 Å². The Kier molecular flexibility index (Phi) is 5.64. The number of methoxy groups -OCH3 is 1. The minimum absolute atomic E-state index is 0.134. The van der Waals surface area contributed by atoms with Gasteiger partial charge in [0.15, 0.2) is 0 Å². The predicted molar refractivity (Wildman–Crippen MR) is 85.3 cm³/mol. The summed E-state index contributed by atoms with van der Waals surface area (Å²) in [6, 6.07) is 5.14. The molecule has 0 spiro atoms. The van der Waals surface area contributed by atoms with Gasteiger partial charge in [0.25, 0.3) is 0 Å². The quantitative estimate of drug-likeness (QED) is 0.879. The second kappa shape index (κ2) is 7.08. The first-order chi connectivity index (χ1) is 10.0. The lowest BCUT2D eigenvalue weighted by atomic mass is 9.74. The fourth-order valence-electron chi connectivity index (χ4n) is 3.42. The summed E-state index contributed by atoms with van der Waals surface area (Å²) in [4.78, 5) is 0. The lowest BCUT2D eigenvalue weighted by Gasteiger charge is -2.44. The summed E-state index contributed by atoms with van der Waals surface area (Å²) in [6.45, 7) is 2.29. The first kappa shape index (κ1) is 16.7. The maximum atomic E-state index is 13.6. The van der Waals surface area contributed by atoms with Crippen LogP contribution in [0.1, 0.15) is 38.2 Å². The van der Waals surface area contributed by atoms with E-state index in [9.17, 15) is 4.39 Å². The highest BCUT2D eigenvalue weighted by molar-refractivity contribution is 6.31. The van der Waals surface area contributed by atoms with Gasteiger partial charge in [0.05, 0.1) is 10.6 Å². The van der Waals surface area contributed by atoms with E-state index in [4.69, 9.17) is 16.3 Å². The molecule has 1 unspecified atom stereocenters. The molecule has 0 saturated heterocycles. The summed E-state index contributed by atoms with van der Waals surface area (Å²) in [5.41, 5.74) is 0.655.